The van der Waals surface area contributed by atoms with E-state index in [1.165, 1.54) is 0 Å². The maximum atomic E-state index is 12.0. The molecule has 0 radical (unpaired) electrons. The second-order valence-electron chi connectivity index (χ2n) is 4.29. The molecule has 1 saturated carbocycles. The lowest BCUT2D eigenvalue weighted by Crippen LogP contribution is -2.44. The normalized spacial score (nSPS) is 17.4. The Hall–Kier alpha value is -1.30. The molecule has 0 aliphatic heterocycles. The molecular formula is C11H21N3O3. The molecule has 17 heavy (non-hydrogen) atoms. The maximum Gasteiger partial charge on any atom is 0.225 e. The number of nitrogens with two attached hydrogens (primary N) is 1. The molecule has 0 unspecified atom stereocenters. The number of amides is 1. The van der Waals surface area contributed by atoms with Gasteiger partial charge in [0.05, 0.1) is 19.6 Å². The van der Waals surface area contributed by atoms with Gasteiger partial charge in [0.25, 0.3) is 0 Å². The minimum Gasteiger partial charge on any atom is -0.409 e. The molecule has 0 atom stereocenters. The van der Waals surface area contributed by atoms with Gasteiger partial charge in [0, 0.05) is 13.2 Å². The molecule has 1 fully saturated rings. The number of carbonyl (C=O) groups is 1. The van der Waals surface area contributed by atoms with E-state index in [1.807, 2.05) is 0 Å². The lowest BCUT2D eigenvalue weighted by atomic mass is 10.2. The van der Waals surface area contributed by atoms with E-state index in [1.54, 1.807) is 12.0 Å². The van der Waals surface area contributed by atoms with Crippen LogP contribution < -0.4 is 5.73 Å². The van der Waals surface area contributed by atoms with Crippen LogP contribution in [0.4, 0.5) is 0 Å². The molecule has 1 amide bonds. The number of nitrogens with zero attached hydrogens (tertiary/aromatic N) is 2. The van der Waals surface area contributed by atoms with Crippen molar-refractivity contribution in [1.82, 2.24) is 4.90 Å². The molecule has 0 aromatic heterocycles. The third kappa shape index (κ3) is 4.22. The molecule has 0 heterocycles. The van der Waals surface area contributed by atoms with E-state index < -0.39 is 0 Å². The lowest BCUT2D eigenvalue weighted by molar-refractivity contribution is -0.133. The van der Waals surface area contributed by atoms with Gasteiger partial charge in [-0.05, 0) is 12.8 Å². The van der Waals surface area contributed by atoms with Crippen molar-refractivity contribution in [3.05, 3.63) is 0 Å². The molecule has 0 saturated heterocycles. The summed E-state index contributed by atoms with van der Waals surface area (Å²) in [6.45, 7) is 0.599. The highest BCUT2D eigenvalue weighted by molar-refractivity contribution is 5.87. The largest absolute Gasteiger partial charge is 0.409 e. The van der Waals surface area contributed by atoms with Crippen LogP contribution in [0.5, 0.6) is 0 Å². The number of ether oxygens (including phenoxy) is 1. The van der Waals surface area contributed by atoms with Crippen LogP contribution in [0.25, 0.3) is 0 Å². The van der Waals surface area contributed by atoms with E-state index in [2.05, 4.69) is 5.16 Å². The number of methoxy groups -OCH3 is 1. The van der Waals surface area contributed by atoms with Crippen molar-refractivity contribution in [2.24, 2.45) is 10.9 Å². The zero-order valence-electron chi connectivity index (χ0n) is 10.3. The number of carbonyl (C=O) groups excluding carboxylic acids is 1. The third-order valence-corrected chi connectivity index (χ3v) is 3.07. The van der Waals surface area contributed by atoms with Crippen LogP contribution in [0, 0.1) is 0 Å². The third-order valence-electron chi connectivity index (χ3n) is 3.07. The smallest absolute Gasteiger partial charge is 0.225 e. The first-order valence-corrected chi connectivity index (χ1v) is 5.93. The Balaban J connectivity index is 2.60. The van der Waals surface area contributed by atoms with Gasteiger partial charge < -0.3 is 20.6 Å². The number of oxime groups is 1. The second kappa shape index (κ2) is 7.11. The summed E-state index contributed by atoms with van der Waals surface area (Å²) in [4.78, 5) is 13.7. The Morgan fingerprint density at radius 2 is 2.18 bits per heavy atom. The van der Waals surface area contributed by atoms with Crippen molar-refractivity contribution >= 4 is 11.7 Å². The van der Waals surface area contributed by atoms with E-state index in [0.717, 1.165) is 25.7 Å². The summed E-state index contributed by atoms with van der Waals surface area (Å²) in [5.41, 5.74) is 5.48. The summed E-state index contributed by atoms with van der Waals surface area (Å²) in [6, 6.07) is 0.222. The summed E-state index contributed by atoms with van der Waals surface area (Å²) in [6.07, 6.45) is 4.60. The second-order valence-corrected chi connectivity index (χ2v) is 4.29. The van der Waals surface area contributed by atoms with Crippen molar-refractivity contribution in [3.8, 4) is 0 Å². The van der Waals surface area contributed by atoms with Gasteiger partial charge in [0.15, 0.2) is 5.84 Å². The zero-order chi connectivity index (χ0) is 12.7. The van der Waals surface area contributed by atoms with Crippen LogP contribution in [-0.4, -0.2) is 48.2 Å². The van der Waals surface area contributed by atoms with Crippen molar-refractivity contribution in [3.63, 3.8) is 0 Å². The molecule has 0 aromatic carbocycles. The highest BCUT2D eigenvalue weighted by Gasteiger charge is 2.26. The molecule has 98 valence electrons. The van der Waals surface area contributed by atoms with Crippen molar-refractivity contribution in [2.75, 3.05) is 20.3 Å². The summed E-state index contributed by atoms with van der Waals surface area (Å²) < 4.78 is 4.90. The van der Waals surface area contributed by atoms with Gasteiger partial charge in [-0.15, -0.1) is 0 Å². The number of amidine groups is 1. The average Bonchev–Trinajstić information content (AvgIpc) is 2.86. The Kier molecular flexibility index (Phi) is 5.76. The first kappa shape index (κ1) is 13.8. The molecule has 1 rings (SSSR count). The van der Waals surface area contributed by atoms with E-state index in [4.69, 9.17) is 15.7 Å². The van der Waals surface area contributed by atoms with Gasteiger partial charge in [-0.25, -0.2) is 0 Å². The Labute approximate surface area is 101 Å². The fraction of sp³-hybridized carbons (Fsp3) is 0.818. The number of hydrogen-bond acceptors (Lipinski definition) is 4. The summed E-state index contributed by atoms with van der Waals surface area (Å²) in [5.74, 6) is 0.0769. The molecule has 1 aliphatic carbocycles. The van der Waals surface area contributed by atoms with Crippen LogP contribution in [0.15, 0.2) is 5.16 Å². The molecule has 0 aromatic rings. The van der Waals surface area contributed by atoms with Crippen molar-refractivity contribution in [2.45, 2.75) is 38.1 Å². The standard InChI is InChI=1S/C11H21N3O3/c1-17-7-6-11(15)14(8-10(12)13-16)9-4-2-3-5-9/h9,16H,2-8H2,1H3,(H2,12,13). The van der Waals surface area contributed by atoms with Crippen LogP contribution in [0.3, 0.4) is 0 Å². The van der Waals surface area contributed by atoms with E-state index in [9.17, 15) is 4.79 Å². The van der Waals surface area contributed by atoms with Gasteiger partial charge in [-0.3, -0.25) is 4.79 Å². The van der Waals surface area contributed by atoms with Crippen LogP contribution in [0.2, 0.25) is 0 Å². The summed E-state index contributed by atoms with van der Waals surface area (Å²) in [5, 5.41) is 11.5. The predicted molar refractivity (Wildman–Crippen MR) is 63.9 cm³/mol. The first-order chi connectivity index (χ1) is 8.19. The van der Waals surface area contributed by atoms with Crippen LogP contribution >= 0.6 is 0 Å². The summed E-state index contributed by atoms with van der Waals surface area (Å²) >= 11 is 0. The predicted octanol–water partition coefficient (Wildman–Crippen LogP) is 0.541. The fourth-order valence-electron chi connectivity index (χ4n) is 2.18. The minimum atomic E-state index is 0.00495. The van der Waals surface area contributed by atoms with E-state index in [-0.39, 0.29) is 24.3 Å². The van der Waals surface area contributed by atoms with Gasteiger partial charge in [0.2, 0.25) is 5.91 Å². The van der Waals surface area contributed by atoms with Gasteiger partial charge in [-0.2, -0.15) is 0 Å². The van der Waals surface area contributed by atoms with Crippen LogP contribution in [-0.2, 0) is 9.53 Å². The molecule has 6 nitrogen and oxygen atoms in total. The molecule has 0 bridgehead atoms. The highest BCUT2D eigenvalue weighted by Crippen LogP contribution is 2.23. The molecule has 1 aliphatic rings. The first-order valence-electron chi connectivity index (χ1n) is 5.93. The SMILES string of the molecule is COCCC(=O)N(CC(N)=NO)C1CCCC1. The lowest BCUT2D eigenvalue weighted by Gasteiger charge is -2.28. The van der Waals surface area contributed by atoms with Crippen molar-refractivity contribution in [1.29, 1.82) is 0 Å². The topological polar surface area (TPSA) is 88.2 Å². The number of rotatable bonds is 6. The zero-order valence-corrected chi connectivity index (χ0v) is 10.3. The monoisotopic (exact) mass is 243 g/mol. The van der Waals surface area contributed by atoms with E-state index in [0.29, 0.717) is 13.0 Å². The molecule has 3 N–H and O–H groups in total. The van der Waals surface area contributed by atoms with Gasteiger partial charge in [0.1, 0.15) is 0 Å². The van der Waals surface area contributed by atoms with Gasteiger partial charge >= 0.3 is 0 Å². The quantitative estimate of drug-likeness (QED) is 0.308. The number of hydrogen-bond donors (Lipinski definition) is 2. The molecule has 0 spiro atoms. The maximum absolute atomic E-state index is 12.0. The Morgan fingerprint density at radius 3 is 2.71 bits per heavy atom. The minimum absolute atomic E-state index is 0.00495. The fourth-order valence-corrected chi connectivity index (χ4v) is 2.18. The molecular weight excluding hydrogens is 222 g/mol. The Morgan fingerprint density at radius 1 is 1.53 bits per heavy atom. The Bertz CT molecular complexity index is 275. The van der Waals surface area contributed by atoms with Crippen LogP contribution in [0.1, 0.15) is 32.1 Å². The van der Waals surface area contributed by atoms with E-state index >= 15 is 0 Å². The highest BCUT2D eigenvalue weighted by atomic mass is 16.5. The van der Waals surface area contributed by atoms with Crippen molar-refractivity contribution < 1.29 is 14.7 Å². The molecule has 6 heteroatoms. The summed E-state index contributed by atoms with van der Waals surface area (Å²) in [7, 11) is 1.57. The average molecular weight is 243 g/mol. The van der Waals surface area contributed by atoms with Gasteiger partial charge in [-0.1, -0.05) is 18.0 Å².